The Morgan fingerprint density at radius 1 is 0.421 bits per heavy atom. The molecule has 6 aliphatic heterocycles. The van der Waals surface area contributed by atoms with Gasteiger partial charge in [-0.2, -0.15) is 0 Å². The number of aromatic nitrogens is 5. The number of thiazole rings is 5. The first-order valence-electron chi connectivity index (χ1n) is 50.8. The van der Waals surface area contributed by atoms with Gasteiger partial charge in [-0.1, -0.05) is 102 Å². The second-order valence-electron chi connectivity index (χ2n) is 39.9. The zero-order chi connectivity index (χ0) is 102. The average molecular weight is 2140 g/mol. The number of hydrogen-bond acceptors (Lipinski definition) is 30. The van der Waals surface area contributed by atoms with Gasteiger partial charge in [0.25, 0.3) is 11.8 Å². The molecule has 0 bridgehead atoms. The summed E-state index contributed by atoms with van der Waals surface area (Å²) in [5, 5.41) is 26.9. The van der Waals surface area contributed by atoms with Crippen molar-refractivity contribution < 1.29 is 38.3 Å². The van der Waals surface area contributed by atoms with E-state index in [1.165, 1.54) is 114 Å². The number of para-hydroxylation sites is 5. The molecule has 16 heterocycles. The summed E-state index contributed by atoms with van der Waals surface area (Å²) in [5.74, 6) is 0.109. The molecule has 6 aliphatic rings. The molecule has 6 N–H and O–H groups in total. The van der Waals surface area contributed by atoms with Crippen molar-refractivity contribution in [2.75, 3.05) is 90.8 Å². The van der Waals surface area contributed by atoms with Crippen molar-refractivity contribution in [1.82, 2.24) is 65.8 Å². The number of amides is 4. The van der Waals surface area contributed by atoms with Crippen molar-refractivity contribution >= 4 is 215 Å². The van der Waals surface area contributed by atoms with E-state index in [9.17, 15) is 33.6 Å². The fourth-order valence-corrected chi connectivity index (χ4v) is 31.2. The summed E-state index contributed by atoms with van der Waals surface area (Å²) in [6.07, 6.45) is 16.6. The third-order valence-electron chi connectivity index (χ3n) is 26.6. The zero-order valence-electron chi connectivity index (χ0n) is 84.9. The third-order valence-corrected chi connectivity index (χ3v) is 37.9. The molecule has 0 aliphatic carbocycles. The van der Waals surface area contributed by atoms with Crippen molar-refractivity contribution in [2.24, 2.45) is 5.41 Å². The summed E-state index contributed by atoms with van der Waals surface area (Å²) in [6, 6.07) is 42.6. The van der Waals surface area contributed by atoms with Crippen LogP contribution in [0.1, 0.15) is 193 Å². The number of imide groups is 1. The highest BCUT2D eigenvalue weighted by Gasteiger charge is 2.35. The quantitative estimate of drug-likeness (QED) is 0.0161. The highest BCUT2D eigenvalue weighted by atomic mass is 32.1. The molecule has 0 radical (unpaired) electrons. The van der Waals surface area contributed by atoms with E-state index in [4.69, 9.17) is 29.7 Å². The maximum absolute atomic E-state index is 12.8. The molecule has 5 aromatic carbocycles. The van der Waals surface area contributed by atoms with Gasteiger partial charge in [-0.25, -0.2) is 24.9 Å². The van der Waals surface area contributed by atoms with Gasteiger partial charge in [0, 0.05) is 228 Å². The fourth-order valence-electron chi connectivity index (χ4n) is 19.0. The molecule has 21 rings (SSSR count). The van der Waals surface area contributed by atoms with Gasteiger partial charge in [-0.05, 0) is 213 Å². The molecule has 0 atom stereocenters. The van der Waals surface area contributed by atoms with Gasteiger partial charge in [0.15, 0.2) is 0 Å². The number of ketones is 3. The summed E-state index contributed by atoms with van der Waals surface area (Å²) in [4.78, 5) is 130. The van der Waals surface area contributed by atoms with Gasteiger partial charge in [0.2, 0.25) is 11.8 Å². The van der Waals surface area contributed by atoms with Crippen molar-refractivity contribution in [2.45, 2.75) is 229 Å². The molecule has 145 heavy (non-hydrogen) atoms. The molecule has 0 saturated carbocycles. The number of nitrogens with one attached hydrogen (secondary N) is 6. The van der Waals surface area contributed by atoms with Crippen molar-refractivity contribution in [3.8, 4) is 52.9 Å². The second kappa shape index (κ2) is 49.8. The van der Waals surface area contributed by atoms with Crippen LogP contribution in [0, 0.1) is 5.41 Å². The van der Waals surface area contributed by atoms with Crippen LogP contribution >= 0.6 is 113 Å². The van der Waals surface area contributed by atoms with Gasteiger partial charge >= 0.3 is 0 Å². The van der Waals surface area contributed by atoms with Gasteiger partial charge in [0.1, 0.15) is 52.4 Å². The smallest absolute Gasteiger partial charge is 0.253 e. The van der Waals surface area contributed by atoms with Crippen LogP contribution in [0.3, 0.4) is 0 Å². The lowest BCUT2D eigenvalue weighted by Crippen LogP contribution is -2.35. The number of rotatable bonds is 34. The van der Waals surface area contributed by atoms with Gasteiger partial charge in [-0.15, -0.1) is 113 Å². The first-order valence-corrected chi connectivity index (χ1v) is 58.9. The zero-order valence-corrected chi connectivity index (χ0v) is 93.1. The van der Waals surface area contributed by atoms with Crippen LogP contribution < -0.4 is 31.9 Å². The number of hydrogen-bond donors (Lipinski definition) is 6. The number of carbonyl (C=O) groups excluding carboxylic acids is 7. The topological polar surface area (TPSA) is 278 Å². The predicted molar refractivity (Wildman–Crippen MR) is 608 cm³/mol. The second-order valence-corrected chi connectivity index (χ2v) is 50.9. The van der Waals surface area contributed by atoms with Crippen molar-refractivity contribution in [3.63, 3.8) is 0 Å². The molecule has 23 nitrogen and oxygen atoms in total. The first-order chi connectivity index (χ1) is 70.1. The Balaban J connectivity index is 0.000000124. The minimum atomic E-state index is -0.372. The Morgan fingerprint density at radius 2 is 0.772 bits per heavy atom. The molecule has 10 aromatic heterocycles. The maximum atomic E-state index is 12.8. The highest BCUT2D eigenvalue weighted by Crippen LogP contribution is 2.51. The molecule has 4 amide bonds. The van der Waals surface area contributed by atoms with E-state index in [2.05, 4.69) is 188 Å². The number of anilines is 2. The summed E-state index contributed by atoms with van der Waals surface area (Å²) >= 11 is 17.4. The van der Waals surface area contributed by atoms with Gasteiger partial charge in [0.05, 0.1) is 51.1 Å². The average Bonchev–Trinajstić information content (AvgIpc) is 1.62. The standard InChI is InChI=1S/C24H24N4O3S2.C23H30N4OS2.C23H28N2OS2.C22H26N2O2S2.C20H23N3OS2/c1-14(2)27-11-9-15-18(13-27)33-24(22(15)23-25-16-5-3-4-6-17(16)32-23)26-19(29)10-12-28-20(30)7-8-21(28)31;1-14(2)24-11-9-20(28)26-23-21(22-25-17-7-5-6-8-18(17)29-22)16-10-12-27(15(3)4)13-19(16)30-23;1-23(2,3)11-6-7-15(26)13-19-21(16-10-12-24-14-20(16)27-19)22-25-17-8-4-5-9-18(17)28-22;1-26-12-6-2-3-7-15(25)13-19-21(16-10-11-23-14-20(16)27-19)22-24-17-8-4-5-9-18(17)28-22;1-23(2)10-8-13(24)11-17-19(14-7-9-21-12-18(14)25-17)20-22-15-5-3-4-6-16(15)26-20/h3-8,14H,9-13H2,1-2H3,(H,26,29);5-8,14-15,24H,9-13H2,1-4H3,(H,26,28);4-5,8-9,24H,6-7,10-14H2,1-3H3;4-5,8-9,23H,2-3,6-7,10-14H2,1H3;3-6,21H,7-12H2,1-2H3. The highest BCUT2D eigenvalue weighted by molar-refractivity contribution is 7.25. The Bertz CT molecular complexity index is 6980. The maximum Gasteiger partial charge on any atom is 0.253 e. The van der Waals surface area contributed by atoms with Crippen LogP contribution in [-0.4, -0.2) is 184 Å². The number of Topliss-reactive ketones (excluding diaryl/α,β-unsaturated/α-hetero) is 3. The minimum absolute atomic E-state index is 0.0547. The fraction of sp³-hybridized carbons (Fsp3) is 0.429. The Labute approximate surface area is 890 Å². The van der Waals surface area contributed by atoms with Crippen LogP contribution in [-0.2, 0) is 122 Å². The van der Waals surface area contributed by atoms with Crippen LogP contribution in [0.2, 0.25) is 0 Å². The molecule has 0 saturated heterocycles. The Morgan fingerprint density at radius 3 is 1.12 bits per heavy atom. The largest absolute Gasteiger partial charge is 0.385 e. The summed E-state index contributed by atoms with van der Waals surface area (Å²) < 4.78 is 11.0. The van der Waals surface area contributed by atoms with Crippen molar-refractivity contribution in [1.29, 1.82) is 0 Å². The molecule has 15 aromatic rings. The molecule has 0 fully saturated rings. The minimum Gasteiger partial charge on any atom is -0.385 e. The summed E-state index contributed by atoms with van der Waals surface area (Å²) in [6.45, 7) is 31.7. The van der Waals surface area contributed by atoms with Crippen molar-refractivity contribution in [3.05, 3.63) is 200 Å². The van der Waals surface area contributed by atoms with E-state index in [0.29, 0.717) is 92.4 Å². The van der Waals surface area contributed by atoms with E-state index in [1.807, 2.05) is 67.9 Å². The third kappa shape index (κ3) is 27.1. The number of carbonyl (C=O) groups is 7. The SMILES string of the molecule is CC(C)(C)CCCC(=O)Cc1sc2c(c1-c1nc3ccccc3s1)CCNC2.CC(C)N1CCc2c(sc(NC(=O)CCN3C(=O)C=CC3=O)c2-c2nc3ccccc3s2)C1.CC(C)NCCC(=O)Nc1sc2c(c1-c1nc3ccccc3s1)CCN(C(C)C)C2.CN(C)CCC(=O)Cc1sc2c(c1-c1nc3ccccc3s1)CCNC2.COCCCCCC(=O)Cc1sc2c(c1-c1nc3ccccc3s1)CCNC2. The van der Waals surface area contributed by atoms with Gasteiger partial charge in [-0.3, -0.25) is 48.3 Å². The molecule has 0 spiro atoms. The van der Waals surface area contributed by atoms with Crippen LogP contribution in [0.4, 0.5) is 10.0 Å². The molecule has 0 unspecified atom stereocenters. The molecular formula is C112H131N15O8S10. The number of nitrogens with zero attached hydrogens (tertiary/aromatic N) is 9. The van der Waals surface area contributed by atoms with Crippen LogP contribution in [0.25, 0.3) is 104 Å². The van der Waals surface area contributed by atoms with Crippen LogP contribution in [0.5, 0.6) is 0 Å². The lowest BCUT2D eigenvalue weighted by Gasteiger charge is -2.30. The van der Waals surface area contributed by atoms with E-state index in [0.717, 1.165) is 226 Å². The Kier molecular flexibility index (Phi) is 36.7. The first kappa shape index (κ1) is 107. The molecule has 33 heteroatoms. The normalized spacial score (nSPS) is 14.7. The van der Waals surface area contributed by atoms with E-state index in [-0.39, 0.29) is 36.6 Å². The summed E-state index contributed by atoms with van der Waals surface area (Å²) in [7, 11) is 5.74. The van der Waals surface area contributed by atoms with E-state index in [1.54, 1.807) is 109 Å². The van der Waals surface area contributed by atoms with Gasteiger partial charge < -0.3 is 41.5 Å². The summed E-state index contributed by atoms with van der Waals surface area (Å²) in [5.41, 5.74) is 18.2. The number of ether oxygens (including phenoxy) is 1. The Hall–Kier alpha value is -9.44. The number of methoxy groups -OCH3 is 1. The lowest BCUT2D eigenvalue weighted by molar-refractivity contribution is -0.137. The number of fused-ring (bicyclic) bond motifs is 10. The molecular weight excluding hydrogens is 2000 g/mol. The van der Waals surface area contributed by atoms with E-state index < -0.39 is 0 Å². The number of thiophene rings is 5. The molecule has 762 valence electrons. The van der Waals surface area contributed by atoms with Crippen LogP contribution in [0.15, 0.2) is 133 Å². The van der Waals surface area contributed by atoms with E-state index >= 15 is 0 Å². The number of unbranched alkanes of at least 4 members (excludes halogenated alkanes) is 2. The predicted octanol–water partition coefficient (Wildman–Crippen LogP) is 23.9. The lowest BCUT2D eigenvalue weighted by atomic mass is 9.89. The number of benzene rings is 5. The monoisotopic (exact) mass is 2130 g/mol.